The fraction of sp³-hybridized carbons (Fsp3) is 0.333. The standard InChI is InChI=1S/C30H36N4O6S2.ClH/c1-25-10-14-29(15-11-25)41(37,38)32-20-6-18-31(24-27-8-4-3-5-9-27)19-7-21-33(23-26(2)22-32)42(39,40)30-16-12-28(13-17-30)34(35)36;/h3-5,8-17H,2,6-7,18-24H2,1H3;1H. The van der Waals surface area contributed by atoms with Gasteiger partial charge >= 0.3 is 0 Å². The van der Waals surface area contributed by atoms with E-state index in [1.165, 1.54) is 20.7 Å². The SMILES string of the molecule is C=C1CN(S(=O)(=O)c2ccc(C)cc2)CCCN(Cc2ccccc2)CCCN(S(=O)(=O)c2ccc([N+](=O)[O-])cc2)C1.Cl. The molecule has 1 heterocycles. The minimum Gasteiger partial charge on any atom is -0.299 e. The highest BCUT2D eigenvalue weighted by atomic mass is 35.5. The Morgan fingerprint density at radius 1 is 0.744 bits per heavy atom. The number of hydrogen-bond acceptors (Lipinski definition) is 7. The van der Waals surface area contributed by atoms with Gasteiger partial charge in [0.2, 0.25) is 20.0 Å². The van der Waals surface area contributed by atoms with Crippen molar-refractivity contribution < 1.29 is 21.8 Å². The second-order valence-corrected chi connectivity index (χ2v) is 14.3. The Labute approximate surface area is 260 Å². The molecule has 1 aliphatic rings. The summed E-state index contributed by atoms with van der Waals surface area (Å²) in [4.78, 5) is 12.8. The van der Waals surface area contributed by atoms with Crippen LogP contribution in [-0.2, 0) is 26.6 Å². The van der Waals surface area contributed by atoms with Crippen molar-refractivity contribution >= 4 is 38.1 Å². The third-order valence-electron chi connectivity index (χ3n) is 7.16. The van der Waals surface area contributed by atoms with Gasteiger partial charge in [0.1, 0.15) is 0 Å². The summed E-state index contributed by atoms with van der Waals surface area (Å²) in [6.45, 7) is 8.11. The van der Waals surface area contributed by atoms with Gasteiger partial charge < -0.3 is 0 Å². The molecular weight excluding hydrogens is 612 g/mol. The van der Waals surface area contributed by atoms with Crippen molar-refractivity contribution in [1.29, 1.82) is 0 Å². The van der Waals surface area contributed by atoms with Crippen LogP contribution < -0.4 is 0 Å². The van der Waals surface area contributed by atoms with Crippen LogP contribution >= 0.6 is 12.4 Å². The highest BCUT2D eigenvalue weighted by Gasteiger charge is 2.29. The fourth-order valence-electron chi connectivity index (χ4n) is 4.92. The van der Waals surface area contributed by atoms with E-state index in [-0.39, 0.29) is 54.1 Å². The summed E-state index contributed by atoms with van der Waals surface area (Å²) in [7, 11) is -7.92. The van der Waals surface area contributed by atoms with Crippen LogP contribution in [0.2, 0.25) is 0 Å². The smallest absolute Gasteiger partial charge is 0.269 e. The van der Waals surface area contributed by atoms with Gasteiger partial charge in [-0.3, -0.25) is 15.0 Å². The maximum absolute atomic E-state index is 13.7. The lowest BCUT2D eigenvalue weighted by Crippen LogP contribution is -2.41. The number of benzene rings is 3. The molecule has 1 fully saturated rings. The van der Waals surface area contributed by atoms with Crippen molar-refractivity contribution in [3.05, 3.63) is 112 Å². The van der Waals surface area contributed by atoms with Crippen molar-refractivity contribution in [3.63, 3.8) is 0 Å². The molecule has 3 aromatic carbocycles. The van der Waals surface area contributed by atoms with E-state index in [4.69, 9.17) is 0 Å². The Morgan fingerprint density at radius 3 is 1.67 bits per heavy atom. The number of nitro groups is 1. The molecule has 0 aliphatic carbocycles. The van der Waals surface area contributed by atoms with E-state index in [0.29, 0.717) is 38.0 Å². The first-order valence-electron chi connectivity index (χ1n) is 13.7. The monoisotopic (exact) mass is 648 g/mol. The lowest BCUT2D eigenvalue weighted by Gasteiger charge is -2.30. The van der Waals surface area contributed by atoms with E-state index in [1.807, 2.05) is 37.3 Å². The van der Waals surface area contributed by atoms with Crippen LogP contribution in [0.25, 0.3) is 0 Å². The summed E-state index contributed by atoms with van der Waals surface area (Å²) in [6.07, 6.45) is 1.13. The summed E-state index contributed by atoms with van der Waals surface area (Å²) < 4.78 is 57.5. The minimum absolute atomic E-state index is 0. The molecular formula is C30H37ClN4O6S2. The molecule has 1 aliphatic heterocycles. The van der Waals surface area contributed by atoms with Gasteiger partial charge in [-0.25, -0.2) is 16.8 Å². The van der Waals surface area contributed by atoms with Crippen molar-refractivity contribution in [3.8, 4) is 0 Å². The van der Waals surface area contributed by atoms with Crippen LogP contribution in [0.1, 0.15) is 24.0 Å². The van der Waals surface area contributed by atoms with E-state index >= 15 is 0 Å². The molecule has 3 aromatic rings. The number of aryl methyl sites for hydroxylation is 1. The second kappa shape index (κ2) is 15.0. The predicted octanol–water partition coefficient (Wildman–Crippen LogP) is 4.86. The average Bonchev–Trinajstić information content (AvgIpc) is 2.96. The number of rotatable bonds is 7. The molecule has 0 aromatic heterocycles. The molecule has 10 nitrogen and oxygen atoms in total. The zero-order chi connectivity index (χ0) is 30.3. The topological polar surface area (TPSA) is 121 Å². The van der Waals surface area contributed by atoms with Crippen LogP contribution in [0.15, 0.2) is 101 Å². The zero-order valence-corrected chi connectivity index (χ0v) is 26.5. The Morgan fingerprint density at radius 2 is 1.21 bits per heavy atom. The largest absolute Gasteiger partial charge is 0.299 e. The number of hydrogen-bond donors (Lipinski definition) is 0. The van der Waals surface area contributed by atoms with Gasteiger partial charge in [-0.15, -0.1) is 12.4 Å². The molecule has 43 heavy (non-hydrogen) atoms. The van der Waals surface area contributed by atoms with Crippen molar-refractivity contribution in [1.82, 2.24) is 13.5 Å². The molecule has 13 heteroatoms. The summed E-state index contributed by atoms with van der Waals surface area (Å²) >= 11 is 0. The molecule has 0 N–H and O–H groups in total. The van der Waals surface area contributed by atoms with Crippen LogP contribution in [0.3, 0.4) is 0 Å². The predicted molar refractivity (Wildman–Crippen MR) is 169 cm³/mol. The first-order valence-corrected chi connectivity index (χ1v) is 16.6. The number of non-ortho nitro benzene ring substituents is 1. The van der Waals surface area contributed by atoms with E-state index in [2.05, 4.69) is 11.5 Å². The normalized spacial score (nSPS) is 16.9. The number of nitrogens with zero attached hydrogens (tertiary/aromatic N) is 4. The maximum Gasteiger partial charge on any atom is 0.269 e. The summed E-state index contributed by atoms with van der Waals surface area (Å²) in [5.74, 6) is 0. The van der Waals surface area contributed by atoms with Gasteiger partial charge in [-0.2, -0.15) is 8.61 Å². The number of nitro benzene ring substituents is 1. The van der Waals surface area contributed by atoms with Crippen molar-refractivity contribution in [2.24, 2.45) is 0 Å². The van der Waals surface area contributed by atoms with Crippen molar-refractivity contribution in [2.75, 3.05) is 39.3 Å². The lowest BCUT2D eigenvalue weighted by atomic mass is 10.2. The number of halogens is 1. The molecule has 1 saturated heterocycles. The highest BCUT2D eigenvalue weighted by molar-refractivity contribution is 7.89. The highest BCUT2D eigenvalue weighted by Crippen LogP contribution is 2.23. The van der Waals surface area contributed by atoms with Gasteiger partial charge in [0.25, 0.3) is 5.69 Å². The fourth-order valence-corrected chi connectivity index (χ4v) is 7.92. The van der Waals surface area contributed by atoms with E-state index < -0.39 is 25.0 Å². The third kappa shape index (κ3) is 8.94. The summed E-state index contributed by atoms with van der Waals surface area (Å²) in [6, 6.07) is 21.4. The molecule has 0 radical (unpaired) electrons. The molecule has 0 saturated carbocycles. The van der Waals surface area contributed by atoms with Crippen LogP contribution in [-0.4, -0.2) is 74.5 Å². The molecule has 0 atom stereocenters. The first-order chi connectivity index (χ1) is 20.0. The molecule has 0 amide bonds. The van der Waals surface area contributed by atoms with E-state index in [0.717, 1.165) is 23.3 Å². The molecule has 232 valence electrons. The third-order valence-corrected chi connectivity index (χ3v) is 10.9. The Hall–Kier alpha value is -3.13. The maximum atomic E-state index is 13.7. The van der Waals surface area contributed by atoms with Gasteiger partial charge in [0.05, 0.1) is 14.7 Å². The number of sulfonamides is 2. The van der Waals surface area contributed by atoms with Gasteiger partial charge in [-0.1, -0.05) is 54.6 Å². The lowest BCUT2D eigenvalue weighted by molar-refractivity contribution is -0.384. The minimum atomic E-state index is -4.05. The molecule has 0 bridgehead atoms. The van der Waals surface area contributed by atoms with Gasteiger partial charge in [0, 0.05) is 44.9 Å². The Kier molecular flexibility index (Phi) is 12.0. The van der Waals surface area contributed by atoms with Crippen LogP contribution in [0.5, 0.6) is 0 Å². The Bertz CT molecular complexity index is 1600. The van der Waals surface area contributed by atoms with Crippen molar-refractivity contribution in [2.45, 2.75) is 36.1 Å². The van der Waals surface area contributed by atoms with Crippen LogP contribution in [0, 0.1) is 17.0 Å². The average molecular weight is 649 g/mol. The molecule has 4 rings (SSSR count). The van der Waals surface area contributed by atoms with Gasteiger partial charge in [0.15, 0.2) is 0 Å². The first kappa shape index (κ1) is 34.4. The Balaban J connectivity index is 0.00000506. The van der Waals surface area contributed by atoms with Crippen LogP contribution in [0.4, 0.5) is 5.69 Å². The van der Waals surface area contributed by atoms with Gasteiger partial charge in [-0.05, 0) is 68.3 Å². The summed E-state index contributed by atoms with van der Waals surface area (Å²) in [5.41, 5.74) is 2.27. The molecule has 0 unspecified atom stereocenters. The van der Waals surface area contributed by atoms with E-state index in [1.54, 1.807) is 24.3 Å². The quantitative estimate of drug-likeness (QED) is 0.204. The van der Waals surface area contributed by atoms with E-state index in [9.17, 15) is 26.9 Å². The zero-order valence-electron chi connectivity index (χ0n) is 24.0. The molecule has 0 spiro atoms. The summed E-state index contributed by atoms with van der Waals surface area (Å²) in [5, 5.41) is 11.1. The second-order valence-electron chi connectivity index (χ2n) is 10.5.